The average Bonchev–Trinajstić information content (AvgIpc) is 3.00. The van der Waals surface area contributed by atoms with Crippen LogP contribution in [0.25, 0.3) is 0 Å². The Bertz CT molecular complexity index is 824. The van der Waals surface area contributed by atoms with Crippen molar-refractivity contribution in [2.24, 2.45) is 5.10 Å². The smallest absolute Gasteiger partial charge is 0.284 e. The summed E-state index contributed by atoms with van der Waals surface area (Å²) < 4.78 is 10.8. The van der Waals surface area contributed by atoms with E-state index in [9.17, 15) is 4.79 Å². The van der Waals surface area contributed by atoms with Crippen LogP contribution in [0.2, 0.25) is 0 Å². The molecule has 0 N–H and O–H groups in total. The van der Waals surface area contributed by atoms with Gasteiger partial charge in [-0.2, -0.15) is 10.1 Å². The minimum atomic E-state index is -0.192. The zero-order chi connectivity index (χ0) is 17.8. The lowest BCUT2D eigenvalue weighted by molar-refractivity contribution is -0.114. The van der Waals surface area contributed by atoms with Crippen molar-refractivity contribution >= 4 is 17.3 Å². The lowest BCUT2D eigenvalue weighted by Gasteiger charge is -2.12. The maximum Gasteiger partial charge on any atom is 0.284 e. The monoisotopic (exact) mass is 336 g/mol. The Kier molecular flexibility index (Phi) is 4.84. The van der Waals surface area contributed by atoms with Crippen LogP contribution in [0.3, 0.4) is 0 Å². The molecule has 0 unspecified atom stereocenters. The molecule has 2 aromatic rings. The van der Waals surface area contributed by atoms with Gasteiger partial charge in [0.2, 0.25) is 0 Å². The lowest BCUT2D eigenvalue weighted by Crippen LogP contribution is -2.22. The minimum absolute atomic E-state index is 0.192. The van der Waals surface area contributed by atoms with E-state index in [1.807, 2.05) is 61.5 Å². The molecule has 1 aliphatic heterocycles. The van der Waals surface area contributed by atoms with E-state index in [0.29, 0.717) is 23.7 Å². The van der Waals surface area contributed by atoms with Gasteiger partial charge in [-0.3, -0.25) is 4.79 Å². The van der Waals surface area contributed by atoms with Gasteiger partial charge in [0.15, 0.2) is 0 Å². The number of ether oxygens (including phenoxy) is 2. The molecule has 0 radical (unpaired) electrons. The molecule has 1 amide bonds. The van der Waals surface area contributed by atoms with Crippen LogP contribution in [-0.4, -0.2) is 25.3 Å². The van der Waals surface area contributed by atoms with Gasteiger partial charge >= 0.3 is 0 Å². The largest absolute Gasteiger partial charge is 0.498 e. The van der Waals surface area contributed by atoms with Gasteiger partial charge in [0.1, 0.15) is 22.8 Å². The van der Waals surface area contributed by atoms with Crippen LogP contribution in [-0.2, 0) is 9.53 Å². The van der Waals surface area contributed by atoms with E-state index in [2.05, 4.69) is 5.10 Å². The highest BCUT2D eigenvalue weighted by atomic mass is 16.5. The topological polar surface area (TPSA) is 51.1 Å². The number of hydrazone groups is 1. The first-order valence-corrected chi connectivity index (χ1v) is 8.12. The van der Waals surface area contributed by atoms with E-state index < -0.39 is 0 Å². The summed E-state index contributed by atoms with van der Waals surface area (Å²) in [5.41, 5.74) is 2.64. The van der Waals surface area contributed by atoms with E-state index in [1.54, 1.807) is 14.0 Å². The second-order valence-electron chi connectivity index (χ2n) is 5.49. The first-order chi connectivity index (χ1) is 12.2. The van der Waals surface area contributed by atoms with Crippen molar-refractivity contribution in [3.05, 3.63) is 71.5 Å². The molecule has 0 fully saturated rings. The van der Waals surface area contributed by atoms with Crippen LogP contribution >= 0.6 is 0 Å². The van der Waals surface area contributed by atoms with Crippen molar-refractivity contribution in [1.82, 2.24) is 0 Å². The molecule has 0 saturated heterocycles. The quantitative estimate of drug-likeness (QED) is 0.617. The molecule has 0 spiro atoms. The van der Waals surface area contributed by atoms with E-state index in [0.717, 1.165) is 17.0 Å². The molecule has 0 saturated carbocycles. The summed E-state index contributed by atoms with van der Waals surface area (Å²) in [4.78, 5) is 13.0. The van der Waals surface area contributed by atoms with Gasteiger partial charge in [0.25, 0.3) is 5.91 Å². The van der Waals surface area contributed by atoms with E-state index in [-0.39, 0.29) is 5.91 Å². The first kappa shape index (κ1) is 16.8. The number of hydrogen-bond acceptors (Lipinski definition) is 4. The Labute approximate surface area is 147 Å². The number of rotatable bonds is 5. The molecule has 1 aliphatic rings. The van der Waals surface area contributed by atoms with Crippen molar-refractivity contribution in [1.29, 1.82) is 0 Å². The molecule has 2 aromatic carbocycles. The molecule has 0 atom stereocenters. The number of nitrogens with zero attached hydrogens (tertiary/aromatic N) is 2. The predicted octanol–water partition coefficient (Wildman–Crippen LogP) is 3.76. The van der Waals surface area contributed by atoms with Crippen LogP contribution in [0.5, 0.6) is 5.75 Å². The first-order valence-electron chi connectivity index (χ1n) is 8.12. The van der Waals surface area contributed by atoms with Crippen LogP contribution in [0.15, 0.2) is 71.0 Å². The van der Waals surface area contributed by atoms with Gasteiger partial charge < -0.3 is 9.47 Å². The fourth-order valence-electron chi connectivity index (χ4n) is 2.70. The average molecular weight is 336 g/mol. The number of carbonyl (C=O) groups excluding carboxylic acids is 1. The van der Waals surface area contributed by atoms with Gasteiger partial charge in [-0.15, -0.1) is 0 Å². The maximum absolute atomic E-state index is 13.0. The molecule has 25 heavy (non-hydrogen) atoms. The molecule has 0 aliphatic carbocycles. The number of anilines is 1. The SMILES string of the molecule is CCOC(C)=C1C(=O)N(c2ccccc2)N=C1c1ccc(OC)cc1. The summed E-state index contributed by atoms with van der Waals surface area (Å²) in [6.07, 6.45) is 0. The number of carbonyl (C=O) groups is 1. The zero-order valence-electron chi connectivity index (χ0n) is 14.5. The van der Waals surface area contributed by atoms with Crippen molar-refractivity contribution in [2.75, 3.05) is 18.7 Å². The third kappa shape index (κ3) is 3.26. The van der Waals surface area contributed by atoms with Crippen LogP contribution in [0, 0.1) is 0 Å². The number of benzene rings is 2. The molecular formula is C20H20N2O3. The molecule has 5 nitrogen and oxygen atoms in total. The predicted molar refractivity (Wildman–Crippen MR) is 97.8 cm³/mol. The highest BCUT2D eigenvalue weighted by molar-refractivity contribution is 6.35. The Balaban J connectivity index is 2.09. The number of amides is 1. The highest BCUT2D eigenvalue weighted by Gasteiger charge is 2.34. The second-order valence-corrected chi connectivity index (χ2v) is 5.49. The van der Waals surface area contributed by atoms with Gasteiger partial charge in [-0.05, 0) is 50.2 Å². The standard InChI is InChI=1S/C20H20N2O3/c1-4-25-14(2)18-19(15-10-12-17(24-3)13-11-15)21-22(20(18)23)16-8-6-5-7-9-16/h5-13H,4H2,1-3H3. The lowest BCUT2D eigenvalue weighted by atomic mass is 10.0. The summed E-state index contributed by atoms with van der Waals surface area (Å²) in [6, 6.07) is 16.8. The van der Waals surface area contributed by atoms with Gasteiger partial charge in [0.05, 0.1) is 19.4 Å². The van der Waals surface area contributed by atoms with Crippen molar-refractivity contribution < 1.29 is 14.3 Å². The highest BCUT2D eigenvalue weighted by Crippen LogP contribution is 2.29. The minimum Gasteiger partial charge on any atom is -0.498 e. The van der Waals surface area contributed by atoms with Crippen LogP contribution in [0.4, 0.5) is 5.69 Å². The van der Waals surface area contributed by atoms with E-state index >= 15 is 0 Å². The molecular weight excluding hydrogens is 316 g/mol. The van der Waals surface area contributed by atoms with Crippen molar-refractivity contribution in [2.45, 2.75) is 13.8 Å². The fraction of sp³-hybridized carbons (Fsp3) is 0.200. The molecule has 0 aromatic heterocycles. The maximum atomic E-state index is 13.0. The van der Waals surface area contributed by atoms with Crippen molar-refractivity contribution in [3.63, 3.8) is 0 Å². The normalized spacial score (nSPS) is 15.9. The number of para-hydroxylation sites is 1. The summed E-state index contributed by atoms with van der Waals surface area (Å²) in [7, 11) is 1.62. The van der Waals surface area contributed by atoms with Gasteiger partial charge in [-0.1, -0.05) is 18.2 Å². The van der Waals surface area contributed by atoms with Gasteiger partial charge in [0, 0.05) is 5.56 Å². The van der Waals surface area contributed by atoms with Crippen molar-refractivity contribution in [3.8, 4) is 5.75 Å². The molecule has 128 valence electrons. The summed E-state index contributed by atoms with van der Waals surface area (Å²) in [5.74, 6) is 1.13. The number of hydrogen-bond donors (Lipinski definition) is 0. The Hall–Kier alpha value is -3.08. The molecule has 5 heteroatoms. The van der Waals surface area contributed by atoms with E-state index in [1.165, 1.54) is 5.01 Å². The zero-order valence-corrected chi connectivity index (χ0v) is 14.5. The Morgan fingerprint density at radius 2 is 1.76 bits per heavy atom. The third-order valence-corrected chi connectivity index (χ3v) is 3.92. The second kappa shape index (κ2) is 7.21. The van der Waals surface area contributed by atoms with E-state index in [4.69, 9.17) is 9.47 Å². The van der Waals surface area contributed by atoms with Crippen LogP contribution < -0.4 is 9.75 Å². The third-order valence-electron chi connectivity index (χ3n) is 3.92. The molecule has 3 rings (SSSR count). The summed E-state index contributed by atoms with van der Waals surface area (Å²) in [5, 5.41) is 5.99. The summed E-state index contributed by atoms with van der Waals surface area (Å²) >= 11 is 0. The van der Waals surface area contributed by atoms with Gasteiger partial charge in [-0.25, -0.2) is 0 Å². The molecule has 0 bridgehead atoms. The summed E-state index contributed by atoms with van der Waals surface area (Å²) in [6.45, 7) is 4.18. The molecule has 1 heterocycles. The van der Waals surface area contributed by atoms with Crippen LogP contribution in [0.1, 0.15) is 19.4 Å². The Morgan fingerprint density at radius 1 is 1.08 bits per heavy atom. The Morgan fingerprint density at radius 3 is 2.36 bits per heavy atom. The number of allylic oxidation sites excluding steroid dienone is 1. The number of methoxy groups -OCH3 is 1. The fourth-order valence-corrected chi connectivity index (χ4v) is 2.70.